The van der Waals surface area contributed by atoms with Gasteiger partial charge in [-0.05, 0) is 42.7 Å². The summed E-state index contributed by atoms with van der Waals surface area (Å²) in [6.45, 7) is 5.26. The molecule has 1 unspecified atom stereocenters. The summed E-state index contributed by atoms with van der Waals surface area (Å²) in [7, 11) is 0. The molecule has 6 rings (SSSR count). The van der Waals surface area contributed by atoms with Gasteiger partial charge in [0.15, 0.2) is 0 Å². The van der Waals surface area contributed by atoms with E-state index >= 15 is 0 Å². The molecule has 2 heterocycles. The monoisotopic (exact) mass is 651 g/mol. The molecule has 1 saturated heterocycles. The number of aromatic nitrogens is 2. The first-order chi connectivity index (χ1) is 23.5. The van der Waals surface area contributed by atoms with Gasteiger partial charge in [0.05, 0.1) is 18.3 Å². The third-order valence-electron chi connectivity index (χ3n) is 9.16. The summed E-state index contributed by atoms with van der Waals surface area (Å²) in [5, 5.41) is 6.52. The fourth-order valence-electron chi connectivity index (χ4n) is 6.77. The first-order valence-electron chi connectivity index (χ1n) is 17.1. The fraction of sp³-hybridized carbons (Fsp3) is 0.395. The molecule has 3 aromatic carbocycles. The Bertz CT molecular complexity index is 1730. The molecule has 0 bridgehead atoms. The van der Waals surface area contributed by atoms with E-state index in [1.807, 2.05) is 101 Å². The van der Waals surface area contributed by atoms with E-state index in [-0.39, 0.29) is 36.1 Å². The van der Waals surface area contributed by atoms with E-state index in [1.165, 1.54) is 0 Å². The number of benzene rings is 3. The predicted molar refractivity (Wildman–Crippen MR) is 186 cm³/mol. The number of hydrogen-bond acceptors (Lipinski definition) is 6. The second-order valence-electron chi connectivity index (χ2n) is 12.4. The van der Waals surface area contributed by atoms with Crippen molar-refractivity contribution in [1.29, 1.82) is 0 Å². The number of piperazine rings is 1. The van der Waals surface area contributed by atoms with Crippen molar-refractivity contribution in [3.8, 4) is 22.8 Å². The number of carbonyl (C=O) groups excluding carboxylic acids is 2. The number of nitrogens with zero attached hydrogens (tertiary/aromatic N) is 3. The molecule has 0 radical (unpaired) electrons. The summed E-state index contributed by atoms with van der Waals surface area (Å²) >= 11 is 0. The third kappa shape index (κ3) is 7.65. The van der Waals surface area contributed by atoms with E-state index in [1.54, 1.807) is 4.57 Å². The van der Waals surface area contributed by atoms with Crippen LogP contribution >= 0.6 is 0 Å². The van der Waals surface area contributed by atoms with E-state index in [9.17, 15) is 14.4 Å². The Hall–Kier alpha value is -4.83. The van der Waals surface area contributed by atoms with Gasteiger partial charge >= 0.3 is 5.69 Å². The Kier molecular flexibility index (Phi) is 10.9. The van der Waals surface area contributed by atoms with E-state index < -0.39 is 0 Å². The first kappa shape index (κ1) is 33.1. The van der Waals surface area contributed by atoms with Gasteiger partial charge in [0, 0.05) is 44.2 Å². The Morgan fingerprint density at radius 1 is 0.854 bits per heavy atom. The van der Waals surface area contributed by atoms with Crippen LogP contribution in [0, 0.1) is 0 Å². The van der Waals surface area contributed by atoms with E-state index in [2.05, 4.69) is 10.6 Å². The topological polar surface area (TPSA) is 107 Å². The Labute approximate surface area is 281 Å². The predicted octanol–water partition coefficient (Wildman–Crippen LogP) is 4.88. The van der Waals surface area contributed by atoms with Gasteiger partial charge in [-0.1, -0.05) is 80.4 Å². The van der Waals surface area contributed by atoms with Crippen molar-refractivity contribution in [3.63, 3.8) is 0 Å². The molecule has 1 aromatic heterocycles. The second kappa shape index (κ2) is 15.8. The highest BCUT2D eigenvalue weighted by molar-refractivity contribution is 5.99. The molecule has 2 atom stereocenters. The van der Waals surface area contributed by atoms with Crippen molar-refractivity contribution in [1.82, 2.24) is 24.7 Å². The third-order valence-corrected chi connectivity index (χ3v) is 9.16. The van der Waals surface area contributed by atoms with E-state index in [0.717, 1.165) is 42.6 Å². The lowest BCUT2D eigenvalue weighted by Gasteiger charge is -2.34. The zero-order chi connectivity index (χ0) is 33.3. The molecule has 1 aliphatic heterocycles. The zero-order valence-electron chi connectivity index (χ0n) is 27.6. The van der Waals surface area contributed by atoms with Gasteiger partial charge in [0.2, 0.25) is 5.91 Å². The molecule has 2 fully saturated rings. The molecular formula is C38H45N5O5. The van der Waals surface area contributed by atoms with Crippen LogP contribution in [-0.4, -0.2) is 71.3 Å². The van der Waals surface area contributed by atoms with Gasteiger partial charge in [-0.2, -0.15) is 0 Å². The average molecular weight is 652 g/mol. The smallest absolute Gasteiger partial charge is 0.329 e. The van der Waals surface area contributed by atoms with Crippen molar-refractivity contribution < 1.29 is 19.1 Å². The van der Waals surface area contributed by atoms with Gasteiger partial charge in [-0.3, -0.25) is 18.7 Å². The van der Waals surface area contributed by atoms with E-state index in [4.69, 9.17) is 9.47 Å². The quantitative estimate of drug-likeness (QED) is 0.212. The molecule has 48 heavy (non-hydrogen) atoms. The molecule has 2 aliphatic rings. The number of para-hydroxylation sites is 1. The van der Waals surface area contributed by atoms with Crippen LogP contribution in [0.4, 0.5) is 0 Å². The molecule has 252 valence electrons. The molecule has 1 aliphatic carbocycles. The van der Waals surface area contributed by atoms with Crippen LogP contribution in [0.5, 0.6) is 11.5 Å². The summed E-state index contributed by atoms with van der Waals surface area (Å²) in [5.74, 6) is 1.24. The van der Waals surface area contributed by atoms with Crippen molar-refractivity contribution in [2.45, 2.75) is 57.7 Å². The minimum absolute atomic E-state index is 0.0382. The summed E-state index contributed by atoms with van der Waals surface area (Å²) in [6, 6.07) is 26.5. The summed E-state index contributed by atoms with van der Waals surface area (Å²) < 4.78 is 15.3. The Balaban J connectivity index is 1.38. The highest BCUT2D eigenvalue weighted by Crippen LogP contribution is 2.35. The SMILES string of the molecule is CCC(=O)N[C@H]1CCCCC1n1c(-c2ccccc2)c(C(=O)N2CCNCC2)n(Cc2cccc(OCCOc3ccccc3)c2)c1=O. The first-order valence-corrected chi connectivity index (χ1v) is 17.1. The maximum atomic E-state index is 14.8. The van der Waals surface area contributed by atoms with Crippen molar-refractivity contribution in [2.75, 3.05) is 39.4 Å². The summed E-state index contributed by atoms with van der Waals surface area (Å²) in [6.07, 6.45) is 3.78. The number of carbonyl (C=O) groups is 2. The lowest BCUT2D eigenvalue weighted by molar-refractivity contribution is -0.122. The number of imidazole rings is 1. The average Bonchev–Trinajstić information content (AvgIpc) is 3.42. The standard InChI is InChI=1S/C38H45N5O5/c1-2-34(44)40-32-18-9-10-19-33(32)43-35(29-13-5-3-6-14-29)36(37(45)41-22-20-39-21-23-41)42(38(43)46)27-28-12-11-17-31(26-28)48-25-24-47-30-15-7-4-8-16-30/h3-8,11-17,26,32-33,39H,2,9-10,18-25,27H2,1H3,(H,40,44)/t32-,33?/m0/s1. The minimum atomic E-state index is -0.285. The number of amides is 2. The van der Waals surface area contributed by atoms with Crippen molar-refractivity contribution >= 4 is 11.8 Å². The number of nitrogens with one attached hydrogen (secondary N) is 2. The maximum Gasteiger partial charge on any atom is 0.329 e. The normalized spacial score (nSPS) is 17.9. The van der Waals surface area contributed by atoms with Crippen LogP contribution in [0.2, 0.25) is 0 Å². The number of hydrogen-bond donors (Lipinski definition) is 2. The van der Waals surface area contributed by atoms with Crippen molar-refractivity contribution in [2.24, 2.45) is 0 Å². The molecule has 4 aromatic rings. The Morgan fingerprint density at radius 3 is 2.25 bits per heavy atom. The van der Waals surface area contributed by atoms with Crippen LogP contribution in [-0.2, 0) is 11.3 Å². The summed E-state index contributed by atoms with van der Waals surface area (Å²) in [4.78, 5) is 43.8. The van der Waals surface area contributed by atoms with Crippen LogP contribution in [0.1, 0.15) is 61.1 Å². The molecule has 10 nitrogen and oxygen atoms in total. The lowest BCUT2D eigenvalue weighted by atomic mass is 9.89. The van der Waals surface area contributed by atoms with Crippen LogP contribution in [0.15, 0.2) is 89.7 Å². The van der Waals surface area contributed by atoms with Gasteiger partial charge in [-0.15, -0.1) is 0 Å². The van der Waals surface area contributed by atoms with E-state index in [0.29, 0.717) is 63.0 Å². The van der Waals surface area contributed by atoms with Gasteiger partial charge in [-0.25, -0.2) is 4.79 Å². The highest BCUT2D eigenvalue weighted by atomic mass is 16.5. The van der Waals surface area contributed by atoms with Crippen LogP contribution in [0.3, 0.4) is 0 Å². The molecular weight excluding hydrogens is 606 g/mol. The Morgan fingerprint density at radius 2 is 1.52 bits per heavy atom. The summed E-state index contributed by atoms with van der Waals surface area (Å²) in [5.41, 5.74) is 2.37. The van der Waals surface area contributed by atoms with Gasteiger partial charge in [0.25, 0.3) is 5.91 Å². The van der Waals surface area contributed by atoms with Crippen LogP contribution < -0.4 is 25.8 Å². The maximum absolute atomic E-state index is 14.8. The largest absolute Gasteiger partial charge is 0.490 e. The van der Waals surface area contributed by atoms with Crippen LogP contribution in [0.25, 0.3) is 11.3 Å². The number of rotatable bonds is 12. The lowest BCUT2D eigenvalue weighted by Crippen LogP contribution is -2.47. The zero-order valence-corrected chi connectivity index (χ0v) is 27.6. The molecule has 2 amide bonds. The fourth-order valence-corrected chi connectivity index (χ4v) is 6.77. The minimum Gasteiger partial charge on any atom is -0.490 e. The van der Waals surface area contributed by atoms with Gasteiger partial charge in [0.1, 0.15) is 30.4 Å². The van der Waals surface area contributed by atoms with Crippen molar-refractivity contribution in [3.05, 3.63) is 107 Å². The molecule has 0 spiro atoms. The molecule has 2 N–H and O–H groups in total. The van der Waals surface area contributed by atoms with Gasteiger partial charge < -0.3 is 25.0 Å². The highest BCUT2D eigenvalue weighted by Gasteiger charge is 2.36. The second-order valence-corrected chi connectivity index (χ2v) is 12.4. The molecule has 10 heteroatoms. The molecule has 1 saturated carbocycles. The number of ether oxygens (including phenoxy) is 2.